The highest BCUT2D eigenvalue weighted by Gasteiger charge is 2.23. The lowest BCUT2D eigenvalue weighted by Gasteiger charge is -2.27. The van der Waals surface area contributed by atoms with E-state index in [4.69, 9.17) is 0 Å². The minimum absolute atomic E-state index is 0.262. The van der Waals surface area contributed by atoms with Crippen LogP contribution in [0.15, 0.2) is 57.0 Å². The van der Waals surface area contributed by atoms with Crippen LogP contribution < -0.4 is 5.56 Å². The average Bonchev–Trinajstić information content (AvgIpc) is 2.69. The largest absolute Gasteiger partial charge is 0.297 e. The molecule has 3 aromatic rings. The lowest BCUT2D eigenvalue weighted by molar-refractivity contribution is 0.240. The number of benzene rings is 1. The summed E-state index contributed by atoms with van der Waals surface area (Å²) in [6.07, 6.45) is 3.42. The summed E-state index contributed by atoms with van der Waals surface area (Å²) in [6.45, 7) is 1.77. The Kier molecular flexibility index (Phi) is 5.37. The van der Waals surface area contributed by atoms with E-state index in [2.05, 4.69) is 35.8 Å². The number of fused-ring (bicyclic) bond motifs is 1. The second-order valence-electron chi connectivity index (χ2n) is 7.06. The van der Waals surface area contributed by atoms with Gasteiger partial charge in [0.1, 0.15) is 0 Å². The third kappa shape index (κ3) is 4.31. The third-order valence-electron chi connectivity index (χ3n) is 4.86. The SMILES string of the molecule is CS(=O)(=O)c1nc2c(c(=O)[nH]1)CN(Cc1ccc(-c3ccccc3Br)nc1)CC2. The van der Waals surface area contributed by atoms with E-state index in [1.807, 2.05) is 42.6 Å². The quantitative estimate of drug-likeness (QED) is 0.583. The fourth-order valence-electron chi connectivity index (χ4n) is 3.37. The van der Waals surface area contributed by atoms with Crippen molar-refractivity contribution < 1.29 is 8.42 Å². The molecule has 0 saturated carbocycles. The number of rotatable bonds is 4. The Labute approximate surface area is 176 Å². The van der Waals surface area contributed by atoms with E-state index in [0.29, 0.717) is 37.3 Å². The van der Waals surface area contributed by atoms with Gasteiger partial charge in [-0.3, -0.25) is 19.7 Å². The van der Waals surface area contributed by atoms with E-state index in [1.54, 1.807) is 0 Å². The van der Waals surface area contributed by atoms with Crippen LogP contribution in [0.2, 0.25) is 0 Å². The van der Waals surface area contributed by atoms with Gasteiger partial charge in [0, 0.05) is 48.5 Å². The van der Waals surface area contributed by atoms with Crippen molar-refractivity contribution in [2.75, 3.05) is 12.8 Å². The van der Waals surface area contributed by atoms with Crippen LogP contribution in [0.25, 0.3) is 11.3 Å². The molecule has 0 fully saturated rings. The number of sulfone groups is 1. The van der Waals surface area contributed by atoms with Crippen molar-refractivity contribution in [2.24, 2.45) is 0 Å². The molecule has 0 atom stereocenters. The minimum atomic E-state index is -3.54. The van der Waals surface area contributed by atoms with E-state index in [1.165, 1.54) is 0 Å². The van der Waals surface area contributed by atoms with Gasteiger partial charge < -0.3 is 0 Å². The first kappa shape index (κ1) is 19.9. The van der Waals surface area contributed by atoms with Crippen molar-refractivity contribution in [2.45, 2.75) is 24.7 Å². The molecule has 4 rings (SSSR count). The number of nitrogens with zero attached hydrogens (tertiary/aromatic N) is 3. The Balaban J connectivity index is 1.51. The fraction of sp³-hybridized carbons (Fsp3) is 0.250. The van der Waals surface area contributed by atoms with Crippen LogP contribution in [0, 0.1) is 0 Å². The highest BCUT2D eigenvalue weighted by atomic mass is 79.9. The summed E-state index contributed by atoms with van der Waals surface area (Å²) < 4.78 is 24.3. The fourth-order valence-corrected chi connectivity index (χ4v) is 4.42. The number of pyridine rings is 1. The van der Waals surface area contributed by atoms with Crippen molar-refractivity contribution in [3.63, 3.8) is 0 Å². The summed E-state index contributed by atoms with van der Waals surface area (Å²) in [5.74, 6) is 0. The van der Waals surface area contributed by atoms with Crippen LogP contribution in [0.5, 0.6) is 0 Å². The molecule has 29 heavy (non-hydrogen) atoms. The standard InChI is InChI=1S/C20H19BrN4O3S/c1-29(27,28)20-23-18-8-9-25(12-15(18)19(26)24-20)11-13-6-7-17(22-10-13)14-4-2-3-5-16(14)21/h2-7,10H,8-9,11-12H2,1H3,(H,23,24,26). The van der Waals surface area contributed by atoms with Crippen LogP contribution in [-0.4, -0.2) is 41.1 Å². The number of H-pyrrole nitrogens is 1. The van der Waals surface area contributed by atoms with E-state index in [-0.39, 0.29) is 10.7 Å². The lowest BCUT2D eigenvalue weighted by Crippen LogP contribution is -2.36. The Morgan fingerprint density at radius 1 is 1.21 bits per heavy atom. The van der Waals surface area contributed by atoms with Crippen LogP contribution >= 0.6 is 15.9 Å². The number of nitrogens with one attached hydrogen (secondary N) is 1. The Hall–Kier alpha value is -2.36. The Morgan fingerprint density at radius 3 is 2.69 bits per heavy atom. The van der Waals surface area contributed by atoms with Gasteiger partial charge in [0.2, 0.25) is 15.0 Å². The first-order chi connectivity index (χ1) is 13.8. The van der Waals surface area contributed by atoms with E-state index in [0.717, 1.165) is 27.5 Å². The normalized spacial score (nSPS) is 14.6. The maximum atomic E-state index is 12.4. The average molecular weight is 475 g/mol. The summed E-state index contributed by atoms with van der Waals surface area (Å²) in [7, 11) is -3.54. The Morgan fingerprint density at radius 2 is 2.00 bits per heavy atom. The van der Waals surface area contributed by atoms with Crippen LogP contribution in [-0.2, 0) is 29.3 Å². The molecule has 0 bridgehead atoms. The summed E-state index contributed by atoms with van der Waals surface area (Å²) in [4.78, 5) is 25.6. The highest BCUT2D eigenvalue weighted by molar-refractivity contribution is 9.10. The molecule has 7 nitrogen and oxygen atoms in total. The molecule has 1 aliphatic rings. The maximum Gasteiger partial charge on any atom is 0.256 e. The van der Waals surface area contributed by atoms with Crippen molar-refractivity contribution >= 4 is 25.8 Å². The van der Waals surface area contributed by atoms with Gasteiger partial charge in [0.25, 0.3) is 5.56 Å². The van der Waals surface area contributed by atoms with Gasteiger partial charge in [-0.15, -0.1) is 0 Å². The second kappa shape index (κ2) is 7.81. The first-order valence-corrected chi connectivity index (χ1v) is 11.7. The molecular weight excluding hydrogens is 456 g/mol. The summed E-state index contributed by atoms with van der Waals surface area (Å²) in [6, 6.07) is 12.0. The van der Waals surface area contributed by atoms with Crippen LogP contribution in [0.4, 0.5) is 0 Å². The molecule has 150 valence electrons. The Bertz CT molecular complexity index is 1220. The second-order valence-corrected chi connectivity index (χ2v) is 9.85. The molecule has 0 saturated heterocycles. The third-order valence-corrected chi connectivity index (χ3v) is 6.45. The molecule has 1 aromatic carbocycles. The molecule has 1 N–H and O–H groups in total. The molecule has 0 radical (unpaired) electrons. The van der Waals surface area contributed by atoms with Gasteiger partial charge in [0.15, 0.2) is 0 Å². The number of hydrogen-bond acceptors (Lipinski definition) is 6. The molecular formula is C20H19BrN4O3S. The van der Waals surface area contributed by atoms with Crippen LogP contribution in [0.3, 0.4) is 0 Å². The monoisotopic (exact) mass is 474 g/mol. The number of halogens is 1. The van der Waals surface area contributed by atoms with Gasteiger partial charge >= 0.3 is 0 Å². The predicted octanol–water partition coefficient (Wildman–Crippen LogP) is 2.56. The number of aromatic amines is 1. The van der Waals surface area contributed by atoms with Crippen molar-refractivity contribution in [1.82, 2.24) is 19.9 Å². The molecule has 2 aromatic heterocycles. The first-order valence-electron chi connectivity index (χ1n) is 9.05. The van der Waals surface area contributed by atoms with Gasteiger partial charge in [-0.25, -0.2) is 13.4 Å². The summed E-state index contributed by atoms with van der Waals surface area (Å²) in [5, 5.41) is -0.262. The van der Waals surface area contributed by atoms with E-state index in [9.17, 15) is 13.2 Å². The van der Waals surface area contributed by atoms with Crippen molar-refractivity contribution in [3.05, 3.63) is 74.2 Å². The van der Waals surface area contributed by atoms with Crippen molar-refractivity contribution in [1.29, 1.82) is 0 Å². The molecule has 3 heterocycles. The molecule has 0 unspecified atom stereocenters. The minimum Gasteiger partial charge on any atom is -0.297 e. The van der Waals surface area contributed by atoms with Gasteiger partial charge in [-0.2, -0.15) is 0 Å². The van der Waals surface area contributed by atoms with Gasteiger partial charge in [-0.1, -0.05) is 40.2 Å². The highest BCUT2D eigenvalue weighted by Crippen LogP contribution is 2.26. The maximum absolute atomic E-state index is 12.4. The van der Waals surface area contributed by atoms with Crippen molar-refractivity contribution in [3.8, 4) is 11.3 Å². The zero-order chi connectivity index (χ0) is 20.6. The summed E-state index contributed by atoms with van der Waals surface area (Å²) in [5.41, 5.74) is 3.67. The molecule has 0 aliphatic carbocycles. The molecule has 0 amide bonds. The zero-order valence-corrected chi connectivity index (χ0v) is 18.1. The molecule has 9 heteroatoms. The predicted molar refractivity (Wildman–Crippen MR) is 113 cm³/mol. The van der Waals surface area contributed by atoms with Crippen LogP contribution in [0.1, 0.15) is 16.8 Å². The molecule has 1 aliphatic heterocycles. The number of aromatic nitrogens is 3. The van der Waals surface area contributed by atoms with E-state index < -0.39 is 9.84 Å². The zero-order valence-electron chi connectivity index (χ0n) is 15.7. The molecule has 0 spiro atoms. The number of hydrogen-bond donors (Lipinski definition) is 1. The van der Waals surface area contributed by atoms with Gasteiger partial charge in [0.05, 0.1) is 17.0 Å². The van der Waals surface area contributed by atoms with E-state index >= 15 is 0 Å². The smallest absolute Gasteiger partial charge is 0.256 e. The summed E-state index contributed by atoms with van der Waals surface area (Å²) >= 11 is 3.55. The lowest BCUT2D eigenvalue weighted by atomic mass is 10.1. The van der Waals surface area contributed by atoms with Gasteiger partial charge in [-0.05, 0) is 17.7 Å². The topological polar surface area (TPSA) is 96.0 Å².